The van der Waals surface area contributed by atoms with Crippen molar-refractivity contribution in [1.82, 2.24) is 19.2 Å². The number of ether oxygens (including phenoxy) is 1. The maximum Gasteiger partial charge on any atom is 0.410 e. The lowest BCUT2D eigenvalue weighted by molar-refractivity contribution is 0.0139. The summed E-state index contributed by atoms with van der Waals surface area (Å²) in [6.07, 6.45) is 3.17. The van der Waals surface area contributed by atoms with Gasteiger partial charge < -0.3 is 15.0 Å². The molecule has 9 heteroatoms. The molecule has 3 aromatic rings. The van der Waals surface area contributed by atoms with Crippen LogP contribution >= 0.6 is 11.6 Å². The second-order valence-electron chi connectivity index (χ2n) is 9.11. The summed E-state index contributed by atoms with van der Waals surface area (Å²) >= 11 is 6.00. The summed E-state index contributed by atoms with van der Waals surface area (Å²) in [6.45, 7) is 9.17. The van der Waals surface area contributed by atoms with Gasteiger partial charge in [0.05, 0.1) is 6.20 Å². The molecular formula is C24H28ClN5O3. The Morgan fingerprint density at radius 2 is 1.88 bits per heavy atom. The van der Waals surface area contributed by atoms with E-state index in [1.807, 2.05) is 39.1 Å². The van der Waals surface area contributed by atoms with Gasteiger partial charge in [0.15, 0.2) is 0 Å². The van der Waals surface area contributed by atoms with E-state index in [4.69, 9.17) is 16.3 Å². The van der Waals surface area contributed by atoms with Gasteiger partial charge in [0.1, 0.15) is 16.9 Å². The molecule has 2 aromatic heterocycles. The van der Waals surface area contributed by atoms with Crippen LogP contribution in [0.25, 0.3) is 5.65 Å². The predicted octanol–water partition coefficient (Wildman–Crippen LogP) is 4.29. The fraction of sp³-hybridized carbons (Fsp3) is 0.375. The Balaban J connectivity index is 1.37. The van der Waals surface area contributed by atoms with Crippen molar-refractivity contribution >= 4 is 34.9 Å². The summed E-state index contributed by atoms with van der Waals surface area (Å²) in [4.78, 5) is 33.4. The molecule has 0 radical (unpaired) electrons. The summed E-state index contributed by atoms with van der Waals surface area (Å²) in [6, 6.07) is 11.0. The average molecular weight is 470 g/mol. The molecule has 33 heavy (non-hydrogen) atoms. The number of carbonyl (C=O) groups excluding carboxylic acids is 2. The van der Waals surface area contributed by atoms with Gasteiger partial charge in [0.2, 0.25) is 0 Å². The lowest BCUT2D eigenvalue weighted by atomic mass is 10.2. The molecule has 3 heterocycles. The number of benzene rings is 1. The number of halogens is 1. The molecule has 8 nitrogen and oxygen atoms in total. The summed E-state index contributed by atoms with van der Waals surface area (Å²) < 4.78 is 7.23. The van der Waals surface area contributed by atoms with Gasteiger partial charge in [-0.2, -0.15) is 0 Å². The number of nitrogens with zero attached hydrogens (tertiary/aromatic N) is 4. The Morgan fingerprint density at radius 3 is 2.58 bits per heavy atom. The van der Waals surface area contributed by atoms with E-state index in [1.165, 1.54) is 0 Å². The molecule has 4 rings (SSSR count). The van der Waals surface area contributed by atoms with Crippen LogP contribution in [0.5, 0.6) is 0 Å². The van der Waals surface area contributed by atoms with Crippen molar-refractivity contribution in [3.05, 3.63) is 65.1 Å². The van der Waals surface area contributed by atoms with Crippen molar-refractivity contribution in [3.63, 3.8) is 0 Å². The van der Waals surface area contributed by atoms with E-state index in [-0.39, 0.29) is 12.0 Å². The molecular weight excluding hydrogens is 442 g/mol. The zero-order valence-electron chi connectivity index (χ0n) is 19.0. The number of piperazine rings is 1. The van der Waals surface area contributed by atoms with E-state index in [0.717, 1.165) is 25.2 Å². The number of rotatable bonds is 4. The van der Waals surface area contributed by atoms with E-state index < -0.39 is 5.60 Å². The Labute approximate surface area is 198 Å². The highest BCUT2D eigenvalue weighted by molar-refractivity contribution is 6.30. The highest BCUT2D eigenvalue weighted by Gasteiger charge is 2.26. The zero-order valence-corrected chi connectivity index (χ0v) is 19.8. The van der Waals surface area contributed by atoms with E-state index in [9.17, 15) is 9.59 Å². The standard InChI is InChI=1S/C24H28ClN5O3/c1-24(2,3)33-23(32)29-11-9-28(10-12-29)16-17-7-8-30-20(15-26-21(30)13-17)22(31)27-19-6-4-5-18(25)14-19/h4-8,13-15H,9-12,16H2,1-3H3,(H,27,31). The molecule has 1 N–H and O–H groups in total. The minimum atomic E-state index is -0.488. The van der Waals surface area contributed by atoms with Gasteiger partial charge >= 0.3 is 6.09 Å². The van der Waals surface area contributed by atoms with Gasteiger partial charge in [-0.3, -0.25) is 14.1 Å². The van der Waals surface area contributed by atoms with Crippen LogP contribution in [-0.4, -0.2) is 63.0 Å². The highest BCUT2D eigenvalue weighted by Crippen LogP contribution is 2.18. The first kappa shape index (κ1) is 23.1. The minimum Gasteiger partial charge on any atom is -0.444 e. The van der Waals surface area contributed by atoms with E-state index >= 15 is 0 Å². The second kappa shape index (κ2) is 9.41. The number of carbonyl (C=O) groups is 2. The van der Waals surface area contributed by atoms with Crippen LogP contribution in [-0.2, 0) is 11.3 Å². The highest BCUT2D eigenvalue weighted by atomic mass is 35.5. The molecule has 1 aliphatic heterocycles. The minimum absolute atomic E-state index is 0.254. The molecule has 1 saturated heterocycles. The third-order valence-corrected chi connectivity index (χ3v) is 5.56. The molecule has 0 unspecified atom stereocenters. The summed E-state index contributed by atoms with van der Waals surface area (Å²) in [7, 11) is 0. The van der Waals surface area contributed by atoms with Gasteiger partial charge in [-0.1, -0.05) is 17.7 Å². The molecule has 1 aromatic carbocycles. The molecule has 2 amide bonds. The third kappa shape index (κ3) is 5.83. The molecule has 1 fully saturated rings. The van der Waals surface area contributed by atoms with Crippen molar-refractivity contribution in [1.29, 1.82) is 0 Å². The van der Waals surface area contributed by atoms with E-state index in [1.54, 1.807) is 39.8 Å². The summed E-state index contributed by atoms with van der Waals surface area (Å²) in [5.41, 5.74) is 2.39. The second-order valence-corrected chi connectivity index (χ2v) is 9.55. The van der Waals surface area contributed by atoms with Crippen molar-refractivity contribution in [2.24, 2.45) is 0 Å². The number of hydrogen-bond donors (Lipinski definition) is 1. The first-order valence-electron chi connectivity index (χ1n) is 10.9. The van der Waals surface area contributed by atoms with Crippen LogP contribution in [0.15, 0.2) is 48.8 Å². The molecule has 0 atom stereocenters. The Hall–Kier alpha value is -3.10. The van der Waals surface area contributed by atoms with Gasteiger partial charge in [0.25, 0.3) is 5.91 Å². The van der Waals surface area contributed by atoms with Crippen LogP contribution in [0.4, 0.5) is 10.5 Å². The number of nitrogens with one attached hydrogen (secondary N) is 1. The predicted molar refractivity (Wildman–Crippen MR) is 128 cm³/mol. The largest absolute Gasteiger partial charge is 0.444 e. The van der Waals surface area contributed by atoms with E-state index in [2.05, 4.69) is 15.2 Å². The number of pyridine rings is 1. The first-order valence-corrected chi connectivity index (χ1v) is 11.3. The van der Waals surface area contributed by atoms with Gasteiger partial charge in [-0.05, 0) is 56.7 Å². The van der Waals surface area contributed by atoms with E-state index in [0.29, 0.717) is 35.1 Å². The zero-order chi connectivity index (χ0) is 23.6. The van der Waals surface area contributed by atoms with Crippen LogP contribution in [0.3, 0.4) is 0 Å². The summed E-state index contributed by atoms with van der Waals surface area (Å²) in [5.74, 6) is -0.254. The van der Waals surface area contributed by atoms with Crippen molar-refractivity contribution in [3.8, 4) is 0 Å². The smallest absolute Gasteiger partial charge is 0.410 e. The Morgan fingerprint density at radius 1 is 1.12 bits per heavy atom. The fourth-order valence-electron chi connectivity index (χ4n) is 3.72. The van der Waals surface area contributed by atoms with Gasteiger partial charge in [0, 0.05) is 49.6 Å². The molecule has 0 bridgehead atoms. The molecule has 0 saturated carbocycles. The molecule has 0 spiro atoms. The number of hydrogen-bond acceptors (Lipinski definition) is 5. The Bertz CT molecular complexity index is 1160. The quantitative estimate of drug-likeness (QED) is 0.616. The number of aromatic nitrogens is 2. The van der Waals surface area contributed by atoms with Gasteiger partial charge in [-0.15, -0.1) is 0 Å². The lowest BCUT2D eigenvalue weighted by Crippen LogP contribution is -2.49. The number of imidazole rings is 1. The van der Waals surface area contributed by atoms with Gasteiger partial charge in [-0.25, -0.2) is 9.78 Å². The van der Waals surface area contributed by atoms with Crippen molar-refractivity contribution < 1.29 is 14.3 Å². The first-order chi connectivity index (χ1) is 15.7. The fourth-order valence-corrected chi connectivity index (χ4v) is 3.91. The van der Waals surface area contributed by atoms with Crippen molar-refractivity contribution in [2.45, 2.75) is 32.9 Å². The average Bonchev–Trinajstić information content (AvgIpc) is 3.16. The lowest BCUT2D eigenvalue weighted by Gasteiger charge is -2.35. The maximum atomic E-state index is 12.7. The maximum absolute atomic E-state index is 12.7. The molecule has 1 aliphatic rings. The van der Waals surface area contributed by atoms with Crippen molar-refractivity contribution in [2.75, 3.05) is 31.5 Å². The number of anilines is 1. The molecule has 174 valence electrons. The number of amides is 2. The van der Waals surface area contributed by atoms with Crippen LogP contribution in [0.1, 0.15) is 36.8 Å². The van der Waals surface area contributed by atoms with Crippen LogP contribution in [0, 0.1) is 0 Å². The third-order valence-electron chi connectivity index (χ3n) is 5.32. The normalized spacial score (nSPS) is 15.0. The van der Waals surface area contributed by atoms with Crippen LogP contribution < -0.4 is 5.32 Å². The Kier molecular flexibility index (Phi) is 6.58. The topological polar surface area (TPSA) is 79.2 Å². The summed E-state index contributed by atoms with van der Waals surface area (Å²) in [5, 5.41) is 3.41. The van der Waals surface area contributed by atoms with Crippen LogP contribution in [0.2, 0.25) is 5.02 Å². The number of fused-ring (bicyclic) bond motifs is 1. The SMILES string of the molecule is CC(C)(C)OC(=O)N1CCN(Cc2ccn3c(C(=O)Nc4cccc(Cl)c4)cnc3c2)CC1. The monoisotopic (exact) mass is 469 g/mol. The molecule has 0 aliphatic carbocycles.